The molecule has 0 aromatic heterocycles. The molecule has 0 saturated heterocycles. The molecule has 0 heterocycles. The maximum atomic E-state index is 4.39. The molecular weight excluding hydrogens is 228 g/mol. The quantitative estimate of drug-likeness (QED) is 0.499. The van der Waals surface area contributed by atoms with Crippen LogP contribution in [0.25, 0.3) is 0 Å². The summed E-state index contributed by atoms with van der Waals surface area (Å²) in [5, 5.41) is 0. The third-order valence-corrected chi connectivity index (χ3v) is 5.30. The Morgan fingerprint density at radius 2 is 1.79 bits per heavy atom. The van der Waals surface area contributed by atoms with Crippen molar-refractivity contribution in [2.45, 2.75) is 80.1 Å². The van der Waals surface area contributed by atoms with Gasteiger partial charge >= 0.3 is 0 Å². The van der Waals surface area contributed by atoms with Crippen LogP contribution in [0, 0.1) is 29.1 Å². The molecule has 0 aromatic carbocycles. The number of allylic oxidation sites excluding steroid dienone is 1. The smallest absolute Gasteiger partial charge is 0.0177 e. The molecule has 1 fully saturated rings. The van der Waals surface area contributed by atoms with Crippen LogP contribution in [0.4, 0.5) is 0 Å². The van der Waals surface area contributed by atoms with Gasteiger partial charge in [0.1, 0.15) is 0 Å². The molecule has 0 radical (unpaired) electrons. The van der Waals surface area contributed by atoms with Gasteiger partial charge in [0.2, 0.25) is 0 Å². The average Bonchev–Trinajstić information content (AvgIpc) is 2.27. The van der Waals surface area contributed by atoms with E-state index in [-0.39, 0.29) is 0 Å². The highest BCUT2D eigenvalue weighted by Crippen LogP contribution is 2.45. The Kier molecular flexibility index (Phi) is 6.15. The van der Waals surface area contributed by atoms with Crippen LogP contribution in [-0.2, 0) is 0 Å². The summed E-state index contributed by atoms with van der Waals surface area (Å²) in [6.45, 7) is 18.8. The highest BCUT2D eigenvalue weighted by atomic mass is 14.4. The molecule has 0 aliphatic heterocycles. The first-order chi connectivity index (χ1) is 8.76. The standard InChI is InChI=1S/C19H36/c1-8-9-14(2)17-11-10-15(3)18(16(17)4)12-13-19(5,6)7/h15-18H,2,8-13H2,1,3-7H3. The van der Waals surface area contributed by atoms with Gasteiger partial charge in [-0.3, -0.25) is 0 Å². The lowest BCUT2D eigenvalue weighted by atomic mass is 9.63. The summed E-state index contributed by atoms with van der Waals surface area (Å²) in [5.74, 6) is 3.45. The van der Waals surface area contributed by atoms with Crippen LogP contribution >= 0.6 is 0 Å². The van der Waals surface area contributed by atoms with Crippen molar-refractivity contribution in [3.8, 4) is 0 Å². The Bertz CT molecular complexity index is 281. The summed E-state index contributed by atoms with van der Waals surface area (Å²) < 4.78 is 0. The molecule has 0 aromatic rings. The van der Waals surface area contributed by atoms with Gasteiger partial charge in [-0.05, 0) is 61.2 Å². The number of hydrogen-bond donors (Lipinski definition) is 0. The molecule has 4 unspecified atom stereocenters. The number of rotatable bonds is 5. The Morgan fingerprint density at radius 3 is 2.32 bits per heavy atom. The zero-order valence-electron chi connectivity index (χ0n) is 14.3. The predicted octanol–water partition coefficient (Wildman–Crippen LogP) is 6.47. The minimum atomic E-state index is 0.479. The highest BCUT2D eigenvalue weighted by Gasteiger charge is 2.35. The fourth-order valence-electron chi connectivity index (χ4n) is 3.97. The average molecular weight is 264 g/mol. The fraction of sp³-hybridized carbons (Fsp3) is 0.895. The lowest BCUT2D eigenvalue weighted by Crippen LogP contribution is -2.33. The molecule has 1 rings (SSSR count). The van der Waals surface area contributed by atoms with Crippen molar-refractivity contribution in [3.05, 3.63) is 12.2 Å². The van der Waals surface area contributed by atoms with Crippen LogP contribution in [0.5, 0.6) is 0 Å². The molecule has 1 aliphatic carbocycles. The molecule has 4 atom stereocenters. The van der Waals surface area contributed by atoms with Gasteiger partial charge < -0.3 is 0 Å². The van der Waals surface area contributed by atoms with Gasteiger partial charge in [0.25, 0.3) is 0 Å². The third-order valence-electron chi connectivity index (χ3n) is 5.30. The van der Waals surface area contributed by atoms with E-state index in [1.54, 1.807) is 0 Å². The van der Waals surface area contributed by atoms with Gasteiger partial charge in [-0.15, -0.1) is 0 Å². The first-order valence-corrected chi connectivity index (χ1v) is 8.44. The van der Waals surface area contributed by atoms with Crippen LogP contribution in [0.15, 0.2) is 12.2 Å². The summed E-state index contributed by atoms with van der Waals surface area (Å²) in [4.78, 5) is 0. The maximum absolute atomic E-state index is 4.39. The van der Waals surface area contributed by atoms with Crippen molar-refractivity contribution < 1.29 is 0 Å². The van der Waals surface area contributed by atoms with Gasteiger partial charge in [-0.2, -0.15) is 0 Å². The second-order valence-electron chi connectivity index (χ2n) is 8.19. The Hall–Kier alpha value is -0.260. The summed E-state index contributed by atoms with van der Waals surface area (Å²) in [5.41, 5.74) is 2.01. The van der Waals surface area contributed by atoms with Gasteiger partial charge in [0.15, 0.2) is 0 Å². The van der Waals surface area contributed by atoms with E-state index in [9.17, 15) is 0 Å². The lowest BCUT2D eigenvalue weighted by molar-refractivity contribution is 0.108. The van der Waals surface area contributed by atoms with E-state index in [4.69, 9.17) is 0 Å². The molecule has 0 nitrogen and oxygen atoms in total. The Balaban J connectivity index is 2.65. The van der Waals surface area contributed by atoms with Gasteiger partial charge in [0.05, 0.1) is 0 Å². The Labute approximate surface area is 122 Å². The van der Waals surface area contributed by atoms with Crippen molar-refractivity contribution in [2.24, 2.45) is 29.1 Å². The van der Waals surface area contributed by atoms with Crippen molar-refractivity contribution in [1.29, 1.82) is 0 Å². The van der Waals surface area contributed by atoms with Gasteiger partial charge in [-0.1, -0.05) is 60.1 Å². The van der Waals surface area contributed by atoms with Gasteiger partial charge in [-0.25, -0.2) is 0 Å². The third kappa shape index (κ3) is 4.97. The van der Waals surface area contributed by atoms with Crippen LogP contribution in [0.2, 0.25) is 0 Å². The minimum absolute atomic E-state index is 0.479. The van der Waals surface area contributed by atoms with E-state index in [2.05, 4.69) is 48.1 Å². The first kappa shape index (κ1) is 16.8. The van der Waals surface area contributed by atoms with E-state index in [1.807, 2.05) is 0 Å². The van der Waals surface area contributed by atoms with Crippen molar-refractivity contribution in [2.75, 3.05) is 0 Å². The molecule has 0 spiro atoms. The largest absolute Gasteiger partial charge is 0.0996 e. The van der Waals surface area contributed by atoms with Crippen molar-refractivity contribution in [3.63, 3.8) is 0 Å². The van der Waals surface area contributed by atoms with E-state index >= 15 is 0 Å². The number of hydrogen-bond acceptors (Lipinski definition) is 0. The zero-order chi connectivity index (χ0) is 14.6. The van der Waals surface area contributed by atoms with Gasteiger partial charge in [0, 0.05) is 0 Å². The fourth-order valence-corrected chi connectivity index (χ4v) is 3.97. The first-order valence-electron chi connectivity index (χ1n) is 8.44. The maximum Gasteiger partial charge on any atom is -0.0177 e. The molecule has 0 heteroatoms. The highest BCUT2D eigenvalue weighted by molar-refractivity contribution is 5.05. The minimum Gasteiger partial charge on any atom is -0.0996 e. The topological polar surface area (TPSA) is 0 Å². The van der Waals surface area contributed by atoms with Crippen LogP contribution < -0.4 is 0 Å². The van der Waals surface area contributed by atoms with E-state index in [1.165, 1.54) is 44.1 Å². The Morgan fingerprint density at radius 1 is 1.16 bits per heavy atom. The second kappa shape index (κ2) is 6.95. The summed E-state index contributed by atoms with van der Waals surface area (Å²) in [6, 6.07) is 0. The van der Waals surface area contributed by atoms with E-state index in [0.717, 1.165) is 23.7 Å². The molecule has 112 valence electrons. The normalized spacial score (nSPS) is 32.3. The summed E-state index contributed by atoms with van der Waals surface area (Å²) >= 11 is 0. The molecule has 1 aliphatic rings. The molecule has 0 amide bonds. The molecule has 0 bridgehead atoms. The predicted molar refractivity (Wildman–Crippen MR) is 87.3 cm³/mol. The summed E-state index contributed by atoms with van der Waals surface area (Å²) in [6.07, 6.45) is 8.04. The second-order valence-corrected chi connectivity index (χ2v) is 8.19. The molecule has 0 N–H and O–H groups in total. The van der Waals surface area contributed by atoms with Crippen LogP contribution in [-0.4, -0.2) is 0 Å². The SMILES string of the molecule is C=C(CCC)C1CCC(C)C(CCC(C)(C)C)C1C. The molecule has 1 saturated carbocycles. The van der Waals surface area contributed by atoms with Crippen molar-refractivity contribution in [1.82, 2.24) is 0 Å². The monoisotopic (exact) mass is 264 g/mol. The molecule has 19 heavy (non-hydrogen) atoms. The van der Waals surface area contributed by atoms with Crippen molar-refractivity contribution >= 4 is 0 Å². The summed E-state index contributed by atoms with van der Waals surface area (Å²) in [7, 11) is 0. The molecular formula is C19H36. The van der Waals surface area contributed by atoms with Crippen LogP contribution in [0.3, 0.4) is 0 Å². The van der Waals surface area contributed by atoms with Crippen LogP contribution in [0.1, 0.15) is 80.1 Å². The lowest BCUT2D eigenvalue weighted by Gasteiger charge is -2.42. The zero-order valence-corrected chi connectivity index (χ0v) is 14.3. The van der Waals surface area contributed by atoms with E-state index < -0.39 is 0 Å². The van der Waals surface area contributed by atoms with E-state index in [0.29, 0.717) is 5.41 Å².